The fourth-order valence-electron chi connectivity index (χ4n) is 2.50. The Balaban J connectivity index is 0.00000361. The number of nitrogens with two attached hydrogens (primary N) is 1. The minimum absolute atomic E-state index is 0. The highest BCUT2D eigenvalue weighted by Crippen LogP contribution is 2.37. The Labute approximate surface area is 127 Å². The molecule has 5 nitrogen and oxygen atoms in total. The van der Waals surface area contributed by atoms with Crippen LogP contribution in [0.2, 0.25) is 0 Å². The molecule has 1 atom stereocenters. The maximum Gasteiger partial charge on any atom is 0.227 e. The molecule has 118 valence electrons. The SMILES string of the molecule is CCC(C)NC(=O)CCNC(=O)C1(CN)CCCC1.Cl. The molecule has 0 radical (unpaired) electrons. The van der Waals surface area contributed by atoms with Crippen molar-refractivity contribution in [3.05, 3.63) is 0 Å². The Morgan fingerprint density at radius 3 is 2.40 bits per heavy atom. The summed E-state index contributed by atoms with van der Waals surface area (Å²) in [4.78, 5) is 23.7. The highest BCUT2D eigenvalue weighted by atomic mass is 35.5. The average molecular weight is 306 g/mol. The van der Waals surface area contributed by atoms with Crippen molar-refractivity contribution in [1.82, 2.24) is 10.6 Å². The molecule has 0 saturated heterocycles. The quantitative estimate of drug-likeness (QED) is 0.664. The highest BCUT2D eigenvalue weighted by Gasteiger charge is 2.39. The molecular weight excluding hydrogens is 278 g/mol. The Hall–Kier alpha value is -0.810. The molecular formula is C14H28ClN3O2. The zero-order chi connectivity index (χ0) is 14.3. The van der Waals surface area contributed by atoms with Crippen LogP contribution >= 0.6 is 12.4 Å². The lowest BCUT2D eigenvalue weighted by molar-refractivity contribution is -0.130. The van der Waals surface area contributed by atoms with Crippen LogP contribution in [0.25, 0.3) is 0 Å². The van der Waals surface area contributed by atoms with E-state index < -0.39 is 0 Å². The summed E-state index contributed by atoms with van der Waals surface area (Å²) in [6.45, 7) is 4.79. The number of hydrogen-bond acceptors (Lipinski definition) is 3. The number of nitrogens with one attached hydrogen (secondary N) is 2. The molecule has 0 heterocycles. The smallest absolute Gasteiger partial charge is 0.227 e. The zero-order valence-electron chi connectivity index (χ0n) is 12.5. The third kappa shape index (κ3) is 5.29. The third-order valence-corrected chi connectivity index (χ3v) is 4.09. The summed E-state index contributed by atoms with van der Waals surface area (Å²) in [5.41, 5.74) is 5.36. The molecule has 1 aliphatic carbocycles. The fraction of sp³-hybridized carbons (Fsp3) is 0.857. The van der Waals surface area contributed by atoms with E-state index in [0.29, 0.717) is 19.5 Å². The van der Waals surface area contributed by atoms with Gasteiger partial charge in [0.15, 0.2) is 0 Å². The van der Waals surface area contributed by atoms with Gasteiger partial charge in [-0.15, -0.1) is 12.4 Å². The van der Waals surface area contributed by atoms with Crippen LogP contribution < -0.4 is 16.4 Å². The van der Waals surface area contributed by atoms with Crippen molar-refractivity contribution in [2.75, 3.05) is 13.1 Å². The van der Waals surface area contributed by atoms with Gasteiger partial charge in [-0.3, -0.25) is 9.59 Å². The number of rotatable bonds is 7. The van der Waals surface area contributed by atoms with Crippen LogP contribution in [-0.2, 0) is 9.59 Å². The van der Waals surface area contributed by atoms with Gasteiger partial charge in [0.05, 0.1) is 5.41 Å². The van der Waals surface area contributed by atoms with Crippen molar-refractivity contribution in [2.45, 2.75) is 58.4 Å². The number of halogens is 1. The molecule has 1 aliphatic rings. The molecule has 0 aromatic rings. The van der Waals surface area contributed by atoms with Gasteiger partial charge in [0.2, 0.25) is 11.8 Å². The molecule has 6 heteroatoms. The van der Waals surface area contributed by atoms with E-state index in [4.69, 9.17) is 5.73 Å². The topological polar surface area (TPSA) is 84.2 Å². The number of amides is 2. The Morgan fingerprint density at radius 1 is 1.30 bits per heavy atom. The van der Waals surface area contributed by atoms with Crippen molar-refractivity contribution in [3.8, 4) is 0 Å². The van der Waals surface area contributed by atoms with Crippen molar-refractivity contribution in [2.24, 2.45) is 11.1 Å². The van der Waals surface area contributed by atoms with E-state index in [2.05, 4.69) is 10.6 Å². The Morgan fingerprint density at radius 2 is 1.90 bits per heavy atom. The standard InChI is InChI=1S/C14H27N3O2.ClH/c1-3-11(2)17-12(18)6-9-16-13(19)14(10-15)7-4-5-8-14;/h11H,3-10,15H2,1-2H3,(H,16,19)(H,17,18);1H. The maximum absolute atomic E-state index is 12.1. The number of carbonyl (C=O) groups is 2. The van der Waals surface area contributed by atoms with Gasteiger partial charge < -0.3 is 16.4 Å². The van der Waals surface area contributed by atoms with Crippen LogP contribution in [0.3, 0.4) is 0 Å². The molecule has 2 amide bonds. The first kappa shape index (κ1) is 19.2. The van der Waals surface area contributed by atoms with Crippen LogP contribution in [0.15, 0.2) is 0 Å². The van der Waals surface area contributed by atoms with Crippen LogP contribution in [0, 0.1) is 5.41 Å². The van der Waals surface area contributed by atoms with E-state index in [0.717, 1.165) is 32.1 Å². The summed E-state index contributed by atoms with van der Waals surface area (Å²) < 4.78 is 0. The second-order valence-corrected chi connectivity index (χ2v) is 5.57. The summed E-state index contributed by atoms with van der Waals surface area (Å²) in [5, 5.41) is 5.74. The van der Waals surface area contributed by atoms with E-state index in [-0.39, 0.29) is 35.7 Å². The van der Waals surface area contributed by atoms with Crippen LogP contribution in [0.1, 0.15) is 52.4 Å². The molecule has 0 aromatic heterocycles. The van der Waals surface area contributed by atoms with Crippen molar-refractivity contribution >= 4 is 24.2 Å². The molecule has 0 aliphatic heterocycles. The molecule has 0 spiro atoms. The van der Waals surface area contributed by atoms with E-state index in [9.17, 15) is 9.59 Å². The largest absolute Gasteiger partial charge is 0.355 e. The second kappa shape index (κ2) is 9.19. The predicted molar refractivity (Wildman–Crippen MR) is 82.7 cm³/mol. The Bertz CT molecular complexity index is 318. The summed E-state index contributed by atoms with van der Waals surface area (Å²) in [5.74, 6) is 0.00621. The van der Waals surface area contributed by atoms with E-state index >= 15 is 0 Å². The average Bonchev–Trinajstić information content (AvgIpc) is 2.88. The van der Waals surface area contributed by atoms with Crippen molar-refractivity contribution in [3.63, 3.8) is 0 Å². The van der Waals surface area contributed by atoms with Gasteiger partial charge in [-0.25, -0.2) is 0 Å². The second-order valence-electron chi connectivity index (χ2n) is 5.57. The van der Waals surface area contributed by atoms with Gasteiger partial charge in [-0.2, -0.15) is 0 Å². The molecule has 20 heavy (non-hydrogen) atoms. The highest BCUT2D eigenvalue weighted by molar-refractivity contribution is 5.85. The van der Waals surface area contributed by atoms with E-state index in [1.165, 1.54) is 0 Å². The van der Waals surface area contributed by atoms with Crippen molar-refractivity contribution < 1.29 is 9.59 Å². The molecule has 1 fully saturated rings. The minimum Gasteiger partial charge on any atom is -0.355 e. The summed E-state index contributed by atoms with van der Waals surface area (Å²) >= 11 is 0. The van der Waals surface area contributed by atoms with Gasteiger partial charge in [0.25, 0.3) is 0 Å². The minimum atomic E-state index is -0.382. The molecule has 0 bridgehead atoms. The maximum atomic E-state index is 12.1. The van der Waals surface area contributed by atoms with E-state index in [1.54, 1.807) is 0 Å². The lowest BCUT2D eigenvalue weighted by Crippen LogP contribution is -2.45. The van der Waals surface area contributed by atoms with Crippen molar-refractivity contribution in [1.29, 1.82) is 0 Å². The van der Waals surface area contributed by atoms with Gasteiger partial charge in [0.1, 0.15) is 0 Å². The predicted octanol–water partition coefficient (Wildman–Crippen LogP) is 1.35. The van der Waals surface area contributed by atoms with Gasteiger partial charge in [-0.1, -0.05) is 19.8 Å². The van der Waals surface area contributed by atoms with Crippen LogP contribution in [0.5, 0.6) is 0 Å². The fourth-order valence-corrected chi connectivity index (χ4v) is 2.50. The summed E-state index contributed by atoms with van der Waals surface area (Å²) in [7, 11) is 0. The van der Waals surface area contributed by atoms with E-state index in [1.807, 2.05) is 13.8 Å². The molecule has 1 unspecified atom stereocenters. The third-order valence-electron chi connectivity index (χ3n) is 4.09. The normalized spacial score (nSPS) is 17.9. The zero-order valence-corrected chi connectivity index (χ0v) is 13.4. The van der Waals surface area contributed by atoms with Crippen LogP contribution in [0.4, 0.5) is 0 Å². The first-order valence-electron chi connectivity index (χ1n) is 7.32. The molecule has 0 aromatic carbocycles. The lowest BCUT2D eigenvalue weighted by Gasteiger charge is -2.25. The molecule has 1 saturated carbocycles. The monoisotopic (exact) mass is 305 g/mol. The molecule has 4 N–H and O–H groups in total. The first-order chi connectivity index (χ1) is 9.04. The lowest BCUT2D eigenvalue weighted by atomic mass is 9.85. The first-order valence-corrected chi connectivity index (χ1v) is 7.32. The van der Waals surface area contributed by atoms with Gasteiger partial charge >= 0.3 is 0 Å². The Kier molecular flexibility index (Phi) is 8.81. The molecule has 1 rings (SSSR count). The van der Waals surface area contributed by atoms with Gasteiger partial charge in [-0.05, 0) is 26.2 Å². The summed E-state index contributed by atoms with van der Waals surface area (Å²) in [6, 6.07) is 0.188. The number of carbonyl (C=O) groups excluding carboxylic acids is 2. The van der Waals surface area contributed by atoms with Gasteiger partial charge in [0, 0.05) is 25.6 Å². The number of hydrogen-bond donors (Lipinski definition) is 3. The van der Waals surface area contributed by atoms with Crippen LogP contribution in [-0.4, -0.2) is 30.9 Å². The summed E-state index contributed by atoms with van der Waals surface area (Å²) in [6.07, 6.45) is 5.12.